The third-order valence-electron chi connectivity index (χ3n) is 5.85. The number of rotatable bonds is 5. The molecule has 0 unspecified atom stereocenters. The number of benzene rings is 1. The summed E-state index contributed by atoms with van der Waals surface area (Å²) in [6.07, 6.45) is 6.61. The van der Waals surface area contributed by atoms with E-state index in [-0.39, 0.29) is 5.41 Å². The zero-order valence-corrected chi connectivity index (χ0v) is 16.3. The summed E-state index contributed by atoms with van der Waals surface area (Å²) < 4.78 is 1.08. The highest BCUT2D eigenvalue weighted by atomic mass is 79.9. The molecule has 0 atom stereocenters. The first kappa shape index (κ1) is 17.9. The van der Waals surface area contributed by atoms with E-state index < -0.39 is 0 Å². The number of hydrogen-bond donors (Lipinski definition) is 1. The predicted octanol–water partition coefficient (Wildman–Crippen LogP) is 4.11. The van der Waals surface area contributed by atoms with Crippen LogP contribution in [0.3, 0.4) is 0 Å². The number of halogens is 1. The zero-order valence-electron chi connectivity index (χ0n) is 14.7. The Balaban J connectivity index is 1.71. The molecule has 1 aliphatic carbocycles. The fourth-order valence-electron chi connectivity index (χ4n) is 4.36. The van der Waals surface area contributed by atoms with Gasteiger partial charge in [0.05, 0.1) is 5.41 Å². The maximum atomic E-state index is 13.4. The van der Waals surface area contributed by atoms with Crippen LogP contribution in [0.15, 0.2) is 28.7 Å². The molecule has 1 saturated carbocycles. The number of nitrogens with zero attached hydrogens (tertiary/aromatic N) is 1. The van der Waals surface area contributed by atoms with E-state index in [1.807, 2.05) is 0 Å². The van der Waals surface area contributed by atoms with Crippen molar-refractivity contribution in [3.63, 3.8) is 0 Å². The molecule has 2 aliphatic rings. The minimum Gasteiger partial charge on any atom is -0.342 e. The molecule has 1 heterocycles. The summed E-state index contributed by atoms with van der Waals surface area (Å²) in [7, 11) is 0. The first-order chi connectivity index (χ1) is 11.7. The molecule has 24 heavy (non-hydrogen) atoms. The highest BCUT2D eigenvalue weighted by Gasteiger charge is 2.45. The third-order valence-corrected chi connectivity index (χ3v) is 6.38. The Bertz CT molecular complexity index is 543. The van der Waals surface area contributed by atoms with E-state index in [4.69, 9.17) is 0 Å². The Hall–Kier alpha value is -0.870. The van der Waals surface area contributed by atoms with Crippen molar-refractivity contribution < 1.29 is 4.79 Å². The molecule has 0 radical (unpaired) electrons. The van der Waals surface area contributed by atoms with Gasteiger partial charge in [-0.1, -0.05) is 47.8 Å². The number of carbonyl (C=O) groups excluding carboxylic acids is 1. The highest BCUT2D eigenvalue weighted by Crippen LogP contribution is 2.43. The number of likely N-dealkylation sites (tertiary alicyclic amines) is 1. The second-order valence-corrected chi connectivity index (χ2v) is 8.26. The van der Waals surface area contributed by atoms with Crippen molar-refractivity contribution in [1.29, 1.82) is 0 Å². The van der Waals surface area contributed by atoms with Gasteiger partial charge in [-0.2, -0.15) is 0 Å². The lowest BCUT2D eigenvalue weighted by Gasteiger charge is -2.39. The summed E-state index contributed by atoms with van der Waals surface area (Å²) in [5.41, 5.74) is 0.942. The van der Waals surface area contributed by atoms with Gasteiger partial charge in [0.25, 0.3) is 0 Å². The number of piperidine rings is 1. The molecule has 3 nitrogen and oxygen atoms in total. The van der Waals surface area contributed by atoms with Gasteiger partial charge < -0.3 is 10.2 Å². The zero-order chi connectivity index (χ0) is 17.0. The summed E-state index contributed by atoms with van der Waals surface area (Å²) in [5, 5.41) is 3.45. The van der Waals surface area contributed by atoms with Crippen LogP contribution >= 0.6 is 15.9 Å². The topological polar surface area (TPSA) is 32.3 Å². The summed E-state index contributed by atoms with van der Waals surface area (Å²) >= 11 is 3.51. The predicted molar refractivity (Wildman–Crippen MR) is 102 cm³/mol. The Labute approximate surface area is 154 Å². The molecule has 0 aromatic heterocycles. The van der Waals surface area contributed by atoms with Gasteiger partial charge in [-0.3, -0.25) is 4.79 Å². The highest BCUT2D eigenvalue weighted by molar-refractivity contribution is 9.10. The molecule has 1 aliphatic heterocycles. The Morgan fingerprint density at radius 1 is 1.21 bits per heavy atom. The Kier molecular flexibility index (Phi) is 5.98. The number of carbonyl (C=O) groups is 1. The lowest BCUT2D eigenvalue weighted by molar-refractivity contribution is -0.138. The van der Waals surface area contributed by atoms with Gasteiger partial charge in [0, 0.05) is 17.6 Å². The van der Waals surface area contributed by atoms with E-state index in [2.05, 4.69) is 57.3 Å². The van der Waals surface area contributed by atoms with Crippen molar-refractivity contribution in [1.82, 2.24) is 10.2 Å². The van der Waals surface area contributed by atoms with Crippen LogP contribution < -0.4 is 5.32 Å². The summed E-state index contributed by atoms with van der Waals surface area (Å²) in [5.74, 6) is 1.10. The van der Waals surface area contributed by atoms with E-state index in [9.17, 15) is 4.79 Å². The Morgan fingerprint density at radius 3 is 2.42 bits per heavy atom. The van der Waals surface area contributed by atoms with Crippen molar-refractivity contribution in [2.75, 3.05) is 26.2 Å². The smallest absolute Gasteiger partial charge is 0.233 e. The molecular formula is C20H29BrN2O. The van der Waals surface area contributed by atoms with Crippen molar-refractivity contribution >= 4 is 21.8 Å². The second-order valence-electron chi connectivity index (χ2n) is 7.34. The fourth-order valence-corrected chi connectivity index (χ4v) is 4.63. The largest absolute Gasteiger partial charge is 0.342 e. The third kappa shape index (κ3) is 3.70. The van der Waals surface area contributed by atoms with Gasteiger partial charge in [0.2, 0.25) is 5.91 Å². The molecule has 1 N–H and O–H groups in total. The van der Waals surface area contributed by atoms with E-state index >= 15 is 0 Å². The van der Waals surface area contributed by atoms with Crippen LogP contribution in [0.5, 0.6) is 0 Å². The monoisotopic (exact) mass is 392 g/mol. The molecule has 132 valence electrons. The first-order valence-electron chi connectivity index (χ1n) is 9.42. The summed E-state index contributed by atoms with van der Waals surface area (Å²) in [6, 6.07) is 8.44. The maximum absolute atomic E-state index is 13.4. The molecule has 1 aromatic rings. The lowest BCUT2D eigenvalue weighted by atomic mass is 9.77. The van der Waals surface area contributed by atoms with Crippen LogP contribution in [-0.2, 0) is 10.2 Å². The van der Waals surface area contributed by atoms with E-state index in [1.54, 1.807) is 0 Å². The summed E-state index contributed by atoms with van der Waals surface area (Å²) in [4.78, 5) is 15.6. The van der Waals surface area contributed by atoms with E-state index in [1.165, 1.54) is 18.4 Å². The van der Waals surface area contributed by atoms with Crippen LogP contribution in [0.4, 0.5) is 0 Å². The van der Waals surface area contributed by atoms with Crippen molar-refractivity contribution in [3.05, 3.63) is 34.3 Å². The minimum absolute atomic E-state index is 0.269. The normalized spacial score (nSPS) is 21.2. The van der Waals surface area contributed by atoms with Gasteiger partial charge in [0.15, 0.2) is 0 Å². The van der Waals surface area contributed by atoms with Gasteiger partial charge in [-0.05, 0) is 62.4 Å². The lowest BCUT2D eigenvalue weighted by Crippen LogP contribution is -2.49. The molecule has 4 heteroatoms. The van der Waals surface area contributed by atoms with Gasteiger partial charge in [0.1, 0.15) is 0 Å². The Morgan fingerprint density at radius 2 is 1.83 bits per heavy atom. The minimum atomic E-state index is -0.269. The number of hydrogen-bond acceptors (Lipinski definition) is 2. The van der Waals surface area contributed by atoms with Crippen molar-refractivity contribution in [2.45, 2.75) is 50.9 Å². The van der Waals surface area contributed by atoms with Crippen molar-refractivity contribution in [3.8, 4) is 0 Å². The average Bonchev–Trinajstić information content (AvgIpc) is 3.11. The van der Waals surface area contributed by atoms with Crippen LogP contribution in [0.2, 0.25) is 0 Å². The molecule has 3 rings (SSSR count). The summed E-state index contributed by atoms with van der Waals surface area (Å²) in [6.45, 7) is 6.13. The number of nitrogens with one attached hydrogen (secondary N) is 1. The standard InChI is InChI=1S/C20H29BrN2O/c1-2-22-15-16-9-13-23(14-10-16)19(24)20(11-3-4-12-20)17-5-7-18(21)8-6-17/h5-8,16,22H,2-4,9-15H2,1H3. The van der Waals surface area contributed by atoms with Crippen LogP contribution in [-0.4, -0.2) is 37.0 Å². The fraction of sp³-hybridized carbons (Fsp3) is 0.650. The van der Waals surface area contributed by atoms with Gasteiger partial charge in [-0.15, -0.1) is 0 Å². The molecular weight excluding hydrogens is 364 g/mol. The van der Waals surface area contributed by atoms with Crippen LogP contribution in [0, 0.1) is 5.92 Å². The van der Waals surface area contributed by atoms with Crippen molar-refractivity contribution in [2.24, 2.45) is 5.92 Å². The SMILES string of the molecule is CCNCC1CCN(C(=O)C2(c3ccc(Br)cc3)CCCC2)CC1. The maximum Gasteiger partial charge on any atom is 0.233 e. The van der Waals surface area contributed by atoms with Gasteiger partial charge in [-0.25, -0.2) is 0 Å². The molecule has 2 fully saturated rings. The molecule has 0 spiro atoms. The molecule has 1 saturated heterocycles. The first-order valence-corrected chi connectivity index (χ1v) is 10.2. The molecule has 0 bridgehead atoms. The van der Waals surface area contributed by atoms with Crippen LogP contribution in [0.25, 0.3) is 0 Å². The molecule has 1 amide bonds. The number of amides is 1. The van der Waals surface area contributed by atoms with E-state index in [0.717, 1.165) is 62.3 Å². The second kappa shape index (κ2) is 8.01. The quantitative estimate of drug-likeness (QED) is 0.817. The van der Waals surface area contributed by atoms with E-state index in [0.29, 0.717) is 5.91 Å². The van der Waals surface area contributed by atoms with Gasteiger partial charge >= 0.3 is 0 Å². The van der Waals surface area contributed by atoms with Crippen LogP contribution in [0.1, 0.15) is 51.0 Å². The molecule has 1 aromatic carbocycles. The average molecular weight is 393 g/mol.